The number of hydrogen-bond donors (Lipinski definition) is 2. The van der Waals surface area contributed by atoms with Crippen molar-refractivity contribution in [2.45, 2.75) is 32.0 Å². The minimum Gasteiger partial charge on any atom is -0.496 e. The van der Waals surface area contributed by atoms with Gasteiger partial charge in [0.2, 0.25) is 0 Å². The highest BCUT2D eigenvalue weighted by Gasteiger charge is 2.26. The van der Waals surface area contributed by atoms with Crippen LogP contribution < -0.4 is 10.4 Å². The Labute approximate surface area is 116 Å². The van der Waals surface area contributed by atoms with Crippen LogP contribution in [0.25, 0.3) is 11.0 Å². The normalized spacial score (nSPS) is 13.4. The monoisotopic (exact) mass is 278 g/mol. The highest BCUT2D eigenvalue weighted by molar-refractivity contribution is 5.79. The summed E-state index contributed by atoms with van der Waals surface area (Å²) < 4.78 is 10.4. The van der Waals surface area contributed by atoms with E-state index in [1.54, 1.807) is 18.2 Å². The van der Waals surface area contributed by atoms with E-state index in [1.165, 1.54) is 27.0 Å². The van der Waals surface area contributed by atoms with Gasteiger partial charge in [0, 0.05) is 23.4 Å². The van der Waals surface area contributed by atoms with Gasteiger partial charge in [-0.2, -0.15) is 0 Å². The second-order valence-electron chi connectivity index (χ2n) is 5.33. The molecule has 1 heterocycles. The molecule has 0 unspecified atom stereocenters. The van der Waals surface area contributed by atoms with Gasteiger partial charge in [-0.15, -0.1) is 0 Å². The Bertz CT molecular complexity index is 666. The topological polar surface area (TPSA) is 79.9 Å². The molecule has 0 fully saturated rings. The number of benzene rings is 1. The Morgan fingerprint density at radius 1 is 1.35 bits per heavy atom. The molecule has 0 aliphatic heterocycles. The molecule has 0 saturated heterocycles. The van der Waals surface area contributed by atoms with E-state index in [0.29, 0.717) is 16.9 Å². The Morgan fingerprint density at radius 2 is 2.05 bits per heavy atom. The lowest BCUT2D eigenvalue weighted by molar-refractivity contribution is -0.0471. The molecule has 2 rings (SSSR count). The van der Waals surface area contributed by atoms with Crippen molar-refractivity contribution in [1.29, 1.82) is 0 Å². The molecule has 2 N–H and O–H groups in total. The third-order valence-electron chi connectivity index (χ3n) is 3.25. The van der Waals surface area contributed by atoms with E-state index in [1.807, 2.05) is 0 Å². The smallest absolute Gasteiger partial charge is 0.336 e. The number of ether oxygens (including phenoxy) is 1. The van der Waals surface area contributed by atoms with E-state index in [9.17, 15) is 15.0 Å². The molecule has 108 valence electrons. The summed E-state index contributed by atoms with van der Waals surface area (Å²) in [4.78, 5) is 11.2. The van der Waals surface area contributed by atoms with Crippen LogP contribution in [-0.4, -0.2) is 29.0 Å². The SMILES string of the molecule is COc1cc2ccc(=O)oc2cc1C[C@@H](O)C(C)(C)O. The van der Waals surface area contributed by atoms with E-state index in [4.69, 9.17) is 9.15 Å². The quantitative estimate of drug-likeness (QED) is 0.828. The Balaban J connectivity index is 2.48. The van der Waals surface area contributed by atoms with Crippen molar-refractivity contribution in [3.63, 3.8) is 0 Å². The van der Waals surface area contributed by atoms with Crippen LogP contribution in [0.4, 0.5) is 0 Å². The van der Waals surface area contributed by atoms with Crippen LogP contribution in [0.15, 0.2) is 33.5 Å². The average molecular weight is 278 g/mol. The number of hydrogen-bond acceptors (Lipinski definition) is 5. The summed E-state index contributed by atoms with van der Waals surface area (Å²) in [6.07, 6.45) is -0.759. The number of fused-ring (bicyclic) bond motifs is 1. The summed E-state index contributed by atoms with van der Waals surface area (Å²) in [5, 5.41) is 20.5. The zero-order valence-electron chi connectivity index (χ0n) is 11.7. The predicted octanol–water partition coefficient (Wildman–Crippen LogP) is 1.48. The van der Waals surface area contributed by atoms with Gasteiger partial charge >= 0.3 is 5.63 Å². The summed E-state index contributed by atoms with van der Waals surface area (Å²) in [6, 6.07) is 6.39. The van der Waals surface area contributed by atoms with Crippen LogP contribution >= 0.6 is 0 Å². The number of methoxy groups -OCH3 is 1. The molecule has 0 aliphatic rings. The van der Waals surface area contributed by atoms with Crippen molar-refractivity contribution in [3.05, 3.63) is 40.2 Å². The molecule has 2 aromatic rings. The van der Waals surface area contributed by atoms with Crippen LogP contribution in [0.3, 0.4) is 0 Å². The van der Waals surface area contributed by atoms with Gasteiger partial charge in [0.15, 0.2) is 0 Å². The molecular weight excluding hydrogens is 260 g/mol. The van der Waals surface area contributed by atoms with Gasteiger partial charge in [0.25, 0.3) is 0 Å². The summed E-state index contributed by atoms with van der Waals surface area (Å²) >= 11 is 0. The fourth-order valence-electron chi connectivity index (χ4n) is 1.94. The zero-order valence-corrected chi connectivity index (χ0v) is 11.7. The Kier molecular flexibility index (Phi) is 3.83. The first kappa shape index (κ1) is 14.6. The van der Waals surface area contributed by atoms with Crippen LogP contribution in [0.1, 0.15) is 19.4 Å². The standard InChI is InChI=1S/C15H18O5/c1-15(2,18)13(16)8-10-7-12-9(6-11(10)19-3)4-5-14(17)20-12/h4-7,13,16,18H,8H2,1-3H3/t13-/m1/s1. The highest BCUT2D eigenvalue weighted by atomic mass is 16.5. The summed E-state index contributed by atoms with van der Waals surface area (Å²) in [5.74, 6) is 0.578. The molecule has 5 heteroatoms. The lowest BCUT2D eigenvalue weighted by atomic mass is 9.94. The van der Waals surface area contributed by atoms with Crippen molar-refractivity contribution < 1.29 is 19.4 Å². The van der Waals surface area contributed by atoms with Gasteiger partial charge in [-0.1, -0.05) is 0 Å². The third kappa shape index (κ3) is 3.00. The van der Waals surface area contributed by atoms with E-state index < -0.39 is 17.3 Å². The molecule has 1 aromatic heterocycles. The van der Waals surface area contributed by atoms with Gasteiger partial charge in [-0.05, 0) is 32.0 Å². The number of aliphatic hydroxyl groups is 2. The second kappa shape index (κ2) is 5.26. The first-order valence-corrected chi connectivity index (χ1v) is 6.32. The summed E-state index contributed by atoms with van der Waals surface area (Å²) in [5.41, 5.74) is -0.561. The average Bonchev–Trinajstić information content (AvgIpc) is 2.36. The molecule has 0 radical (unpaired) electrons. The summed E-state index contributed by atoms with van der Waals surface area (Å²) in [7, 11) is 1.53. The van der Waals surface area contributed by atoms with Gasteiger partial charge in [-0.25, -0.2) is 4.79 Å². The lowest BCUT2D eigenvalue weighted by Crippen LogP contribution is -2.37. The maximum atomic E-state index is 11.2. The molecule has 1 aromatic carbocycles. The van der Waals surface area contributed by atoms with E-state index in [2.05, 4.69) is 0 Å². The lowest BCUT2D eigenvalue weighted by Gasteiger charge is -2.25. The van der Waals surface area contributed by atoms with E-state index in [0.717, 1.165) is 5.39 Å². The van der Waals surface area contributed by atoms with Crippen LogP contribution in [0.5, 0.6) is 5.75 Å². The predicted molar refractivity (Wildman–Crippen MR) is 75.0 cm³/mol. The molecule has 5 nitrogen and oxygen atoms in total. The molecular formula is C15H18O5. The second-order valence-corrected chi connectivity index (χ2v) is 5.33. The van der Waals surface area contributed by atoms with Gasteiger partial charge < -0.3 is 19.4 Å². The number of aliphatic hydroxyl groups excluding tert-OH is 1. The van der Waals surface area contributed by atoms with Crippen molar-refractivity contribution in [2.24, 2.45) is 0 Å². The maximum absolute atomic E-state index is 11.2. The largest absolute Gasteiger partial charge is 0.496 e. The van der Waals surface area contributed by atoms with Crippen LogP contribution in [0, 0.1) is 0 Å². The fourth-order valence-corrected chi connectivity index (χ4v) is 1.94. The molecule has 20 heavy (non-hydrogen) atoms. The van der Waals surface area contributed by atoms with Crippen molar-refractivity contribution in [2.75, 3.05) is 7.11 Å². The van der Waals surface area contributed by atoms with E-state index >= 15 is 0 Å². The van der Waals surface area contributed by atoms with Crippen LogP contribution in [-0.2, 0) is 6.42 Å². The molecule has 0 saturated carbocycles. The van der Waals surface area contributed by atoms with Crippen molar-refractivity contribution in [1.82, 2.24) is 0 Å². The van der Waals surface area contributed by atoms with Gasteiger partial charge in [0.1, 0.15) is 11.3 Å². The number of rotatable bonds is 4. The zero-order chi connectivity index (χ0) is 14.9. The molecule has 0 bridgehead atoms. The Morgan fingerprint density at radius 3 is 2.65 bits per heavy atom. The first-order valence-electron chi connectivity index (χ1n) is 6.32. The maximum Gasteiger partial charge on any atom is 0.336 e. The van der Waals surface area contributed by atoms with Gasteiger partial charge in [-0.3, -0.25) is 0 Å². The van der Waals surface area contributed by atoms with Crippen molar-refractivity contribution >= 4 is 11.0 Å². The Hall–Kier alpha value is -1.85. The molecule has 0 amide bonds. The molecule has 1 atom stereocenters. The third-order valence-corrected chi connectivity index (χ3v) is 3.25. The molecule has 0 aliphatic carbocycles. The first-order chi connectivity index (χ1) is 9.31. The highest BCUT2D eigenvalue weighted by Crippen LogP contribution is 2.27. The van der Waals surface area contributed by atoms with E-state index in [-0.39, 0.29) is 6.42 Å². The fraction of sp³-hybridized carbons (Fsp3) is 0.400. The minimum absolute atomic E-state index is 0.196. The summed E-state index contributed by atoms with van der Waals surface area (Å²) in [6.45, 7) is 3.07. The van der Waals surface area contributed by atoms with Gasteiger partial charge in [0.05, 0.1) is 18.8 Å². The van der Waals surface area contributed by atoms with Crippen LogP contribution in [0.2, 0.25) is 0 Å². The molecule has 0 spiro atoms. The minimum atomic E-state index is -1.22. The van der Waals surface area contributed by atoms with Crippen molar-refractivity contribution in [3.8, 4) is 5.75 Å².